The van der Waals surface area contributed by atoms with E-state index in [1.807, 2.05) is 0 Å². The standard InChI is InChI=1S/C12H17N3O3/c1-18-12(17)10-5-14-11(6-13-10)15-4-2-3-9(7-15)8-16/h5-6,9,16H,2-4,7-8H2,1H3. The normalized spacial score (nSPS) is 19.7. The molecule has 0 amide bonds. The van der Waals surface area contributed by atoms with Crippen molar-refractivity contribution in [2.24, 2.45) is 5.92 Å². The Kier molecular flexibility index (Phi) is 4.09. The molecule has 1 aliphatic rings. The van der Waals surface area contributed by atoms with E-state index in [0.29, 0.717) is 5.92 Å². The first-order chi connectivity index (χ1) is 8.74. The molecule has 98 valence electrons. The molecule has 6 nitrogen and oxygen atoms in total. The fourth-order valence-corrected chi connectivity index (χ4v) is 2.12. The molecule has 1 N–H and O–H groups in total. The molecule has 0 radical (unpaired) electrons. The first-order valence-corrected chi connectivity index (χ1v) is 6.00. The summed E-state index contributed by atoms with van der Waals surface area (Å²) >= 11 is 0. The monoisotopic (exact) mass is 251 g/mol. The summed E-state index contributed by atoms with van der Waals surface area (Å²) < 4.78 is 4.57. The largest absolute Gasteiger partial charge is 0.464 e. The van der Waals surface area contributed by atoms with Crippen molar-refractivity contribution in [2.45, 2.75) is 12.8 Å². The van der Waals surface area contributed by atoms with Gasteiger partial charge in [-0.3, -0.25) is 0 Å². The molecule has 1 atom stereocenters. The molecule has 1 unspecified atom stereocenters. The Morgan fingerprint density at radius 3 is 3.00 bits per heavy atom. The molecule has 0 aliphatic carbocycles. The number of aromatic nitrogens is 2. The Labute approximate surface area is 106 Å². The quantitative estimate of drug-likeness (QED) is 0.787. The summed E-state index contributed by atoms with van der Waals surface area (Å²) in [7, 11) is 1.31. The lowest BCUT2D eigenvalue weighted by molar-refractivity contribution is 0.0593. The second-order valence-electron chi connectivity index (χ2n) is 4.39. The van der Waals surface area contributed by atoms with Crippen LogP contribution in [0.1, 0.15) is 23.3 Å². The van der Waals surface area contributed by atoms with Crippen molar-refractivity contribution in [1.29, 1.82) is 0 Å². The highest BCUT2D eigenvalue weighted by Gasteiger charge is 2.20. The number of carbonyl (C=O) groups is 1. The minimum atomic E-state index is -0.485. The first-order valence-electron chi connectivity index (χ1n) is 6.00. The lowest BCUT2D eigenvalue weighted by Crippen LogP contribution is -2.37. The van der Waals surface area contributed by atoms with Crippen molar-refractivity contribution in [1.82, 2.24) is 9.97 Å². The Morgan fingerprint density at radius 2 is 2.39 bits per heavy atom. The average molecular weight is 251 g/mol. The van der Waals surface area contributed by atoms with E-state index in [9.17, 15) is 9.90 Å². The molecule has 1 aliphatic heterocycles. The topological polar surface area (TPSA) is 75.5 Å². The van der Waals surface area contributed by atoms with Crippen LogP contribution in [0.15, 0.2) is 12.4 Å². The number of methoxy groups -OCH3 is 1. The Balaban J connectivity index is 2.07. The Morgan fingerprint density at radius 1 is 1.56 bits per heavy atom. The lowest BCUT2D eigenvalue weighted by atomic mass is 9.99. The van der Waals surface area contributed by atoms with Gasteiger partial charge in [0.25, 0.3) is 0 Å². The van der Waals surface area contributed by atoms with Gasteiger partial charge in [0.2, 0.25) is 0 Å². The van der Waals surface area contributed by atoms with Gasteiger partial charge in [-0.15, -0.1) is 0 Å². The molecule has 0 spiro atoms. The minimum absolute atomic E-state index is 0.199. The number of anilines is 1. The van der Waals surface area contributed by atoms with Gasteiger partial charge in [-0.2, -0.15) is 0 Å². The maximum absolute atomic E-state index is 11.2. The van der Waals surface area contributed by atoms with Crippen molar-refractivity contribution < 1.29 is 14.6 Å². The summed E-state index contributed by atoms with van der Waals surface area (Å²) in [6.45, 7) is 1.88. The number of hydrogen-bond acceptors (Lipinski definition) is 6. The number of aliphatic hydroxyl groups excluding tert-OH is 1. The molecule has 18 heavy (non-hydrogen) atoms. The molecule has 0 aromatic carbocycles. The van der Waals surface area contributed by atoms with Gasteiger partial charge >= 0.3 is 5.97 Å². The maximum atomic E-state index is 11.2. The zero-order valence-corrected chi connectivity index (χ0v) is 10.4. The first kappa shape index (κ1) is 12.8. The van der Waals surface area contributed by atoms with Gasteiger partial charge in [-0.1, -0.05) is 0 Å². The van der Waals surface area contributed by atoms with Crippen LogP contribution in [-0.4, -0.2) is 47.8 Å². The SMILES string of the molecule is COC(=O)c1cnc(N2CCCC(CO)C2)cn1. The third-order valence-electron chi connectivity index (χ3n) is 3.13. The van der Waals surface area contributed by atoms with Crippen molar-refractivity contribution in [3.63, 3.8) is 0 Å². The molecule has 1 aromatic heterocycles. The number of nitrogens with zero attached hydrogens (tertiary/aromatic N) is 3. The number of esters is 1. The zero-order chi connectivity index (χ0) is 13.0. The summed E-state index contributed by atoms with van der Waals surface area (Å²) in [6, 6.07) is 0. The van der Waals surface area contributed by atoms with Crippen LogP contribution in [0.2, 0.25) is 0 Å². The van der Waals surface area contributed by atoms with E-state index in [-0.39, 0.29) is 12.3 Å². The van der Waals surface area contributed by atoms with Crippen molar-refractivity contribution in [3.05, 3.63) is 18.1 Å². The van der Waals surface area contributed by atoms with Crippen LogP contribution in [0.3, 0.4) is 0 Å². The summed E-state index contributed by atoms with van der Waals surface area (Å²) in [5.74, 6) is 0.544. The van der Waals surface area contributed by atoms with Crippen LogP contribution in [0.5, 0.6) is 0 Å². The fraction of sp³-hybridized carbons (Fsp3) is 0.583. The van der Waals surface area contributed by atoms with Gasteiger partial charge < -0.3 is 14.7 Å². The van der Waals surface area contributed by atoms with Gasteiger partial charge in [0.15, 0.2) is 5.69 Å². The summed E-state index contributed by atoms with van der Waals surface area (Å²) in [4.78, 5) is 21.6. The summed E-state index contributed by atoms with van der Waals surface area (Å²) in [6.07, 6.45) is 5.07. The number of piperidine rings is 1. The van der Waals surface area contributed by atoms with Gasteiger partial charge in [0.05, 0.1) is 19.5 Å². The van der Waals surface area contributed by atoms with Gasteiger partial charge in [-0.05, 0) is 18.8 Å². The molecular formula is C12H17N3O3. The number of hydrogen-bond donors (Lipinski definition) is 1. The molecule has 6 heteroatoms. The Bertz CT molecular complexity index is 408. The van der Waals surface area contributed by atoms with Gasteiger partial charge in [-0.25, -0.2) is 14.8 Å². The predicted molar refractivity (Wildman–Crippen MR) is 65.4 cm³/mol. The highest BCUT2D eigenvalue weighted by atomic mass is 16.5. The molecule has 0 bridgehead atoms. The number of aliphatic hydroxyl groups is 1. The highest BCUT2D eigenvalue weighted by Crippen LogP contribution is 2.20. The smallest absolute Gasteiger partial charge is 0.358 e. The molecule has 1 fully saturated rings. The minimum Gasteiger partial charge on any atom is -0.464 e. The third-order valence-corrected chi connectivity index (χ3v) is 3.13. The van der Waals surface area contributed by atoms with Crippen molar-refractivity contribution in [3.8, 4) is 0 Å². The van der Waals surface area contributed by atoms with E-state index in [4.69, 9.17) is 0 Å². The van der Waals surface area contributed by atoms with E-state index >= 15 is 0 Å². The van der Waals surface area contributed by atoms with Gasteiger partial charge in [0.1, 0.15) is 5.82 Å². The van der Waals surface area contributed by atoms with Crippen LogP contribution >= 0.6 is 0 Å². The maximum Gasteiger partial charge on any atom is 0.358 e. The molecule has 1 saturated heterocycles. The zero-order valence-electron chi connectivity index (χ0n) is 10.4. The Hall–Kier alpha value is -1.69. The second kappa shape index (κ2) is 5.77. The van der Waals surface area contributed by atoms with Crippen LogP contribution in [0.4, 0.5) is 5.82 Å². The van der Waals surface area contributed by atoms with E-state index in [1.165, 1.54) is 13.3 Å². The van der Waals surface area contributed by atoms with Crippen molar-refractivity contribution in [2.75, 3.05) is 31.7 Å². The average Bonchev–Trinajstić information content (AvgIpc) is 2.46. The lowest BCUT2D eigenvalue weighted by Gasteiger charge is -2.32. The third kappa shape index (κ3) is 2.76. The van der Waals surface area contributed by atoms with E-state index in [0.717, 1.165) is 31.7 Å². The van der Waals surface area contributed by atoms with E-state index in [1.54, 1.807) is 6.20 Å². The van der Waals surface area contributed by atoms with Crippen LogP contribution in [0.25, 0.3) is 0 Å². The summed E-state index contributed by atoms with van der Waals surface area (Å²) in [5, 5.41) is 9.18. The highest BCUT2D eigenvalue weighted by molar-refractivity contribution is 5.86. The van der Waals surface area contributed by atoms with Gasteiger partial charge in [0, 0.05) is 19.7 Å². The van der Waals surface area contributed by atoms with Crippen LogP contribution in [-0.2, 0) is 4.74 Å². The molecular weight excluding hydrogens is 234 g/mol. The molecule has 1 aromatic rings. The molecule has 2 rings (SSSR count). The molecule has 0 saturated carbocycles. The number of ether oxygens (including phenoxy) is 1. The predicted octanol–water partition coefficient (Wildman–Crippen LogP) is 0.472. The fourth-order valence-electron chi connectivity index (χ4n) is 2.12. The summed E-state index contributed by atoms with van der Waals surface area (Å²) in [5.41, 5.74) is 0.206. The van der Waals surface area contributed by atoms with E-state index < -0.39 is 5.97 Å². The number of carbonyl (C=O) groups excluding carboxylic acids is 1. The van der Waals surface area contributed by atoms with Crippen LogP contribution < -0.4 is 4.90 Å². The second-order valence-corrected chi connectivity index (χ2v) is 4.39. The van der Waals surface area contributed by atoms with Crippen LogP contribution in [0, 0.1) is 5.92 Å². The molecule has 2 heterocycles. The van der Waals surface area contributed by atoms with Crippen molar-refractivity contribution >= 4 is 11.8 Å². The van der Waals surface area contributed by atoms with E-state index in [2.05, 4.69) is 19.6 Å². The number of rotatable bonds is 3.